The summed E-state index contributed by atoms with van der Waals surface area (Å²) in [6.07, 6.45) is 3.59. The van der Waals surface area contributed by atoms with Gasteiger partial charge in [0.05, 0.1) is 25.4 Å². The smallest absolute Gasteiger partial charge is 0.237 e. The van der Waals surface area contributed by atoms with Crippen molar-refractivity contribution in [3.05, 3.63) is 18.0 Å². The van der Waals surface area contributed by atoms with Crippen LogP contribution in [0.4, 0.5) is 0 Å². The highest BCUT2D eigenvalue weighted by atomic mass is 16.3. The van der Waals surface area contributed by atoms with Gasteiger partial charge in [-0.05, 0) is 27.7 Å². The van der Waals surface area contributed by atoms with Crippen LogP contribution in [0.1, 0.15) is 33.3 Å². The van der Waals surface area contributed by atoms with Gasteiger partial charge in [-0.1, -0.05) is 0 Å². The van der Waals surface area contributed by atoms with Gasteiger partial charge in [0.25, 0.3) is 0 Å². The van der Waals surface area contributed by atoms with E-state index in [1.807, 2.05) is 33.9 Å². The number of carbonyl (C=O) groups is 1. The topological polar surface area (TPSA) is 79.2 Å². The third-order valence-electron chi connectivity index (χ3n) is 2.52. The van der Waals surface area contributed by atoms with E-state index in [0.29, 0.717) is 13.1 Å². The molecule has 6 heteroatoms. The number of aliphatic hydroxyl groups excluding tert-OH is 1. The first-order valence-electron chi connectivity index (χ1n) is 6.49. The summed E-state index contributed by atoms with van der Waals surface area (Å²) >= 11 is 0. The Morgan fingerprint density at radius 1 is 1.53 bits per heavy atom. The lowest BCUT2D eigenvalue weighted by molar-refractivity contribution is -0.124. The highest BCUT2D eigenvalue weighted by Crippen LogP contribution is 2.01. The summed E-state index contributed by atoms with van der Waals surface area (Å²) < 4.78 is 1.68. The Labute approximate surface area is 114 Å². The fraction of sp³-hybridized carbons (Fsp3) is 0.692. The lowest BCUT2D eigenvalue weighted by Gasteiger charge is -2.23. The second-order valence-corrected chi connectivity index (χ2v) is 5.68. The first-order chi connectivity index (χ1) is 8.81. The third kappa shape index (κ3) is 5.85. The van der Waals surface area contributed by atoms with Crippen molar-refractivity contribution < 1.29 is 9.90 Å². The van der Waals surface area contributed by atoms with Gasteiger partial charge in [-0.3, -0.25) is 9.48 Å². The zero-order chi connectivity index (χ0) is 14.5. The second kappa shape index (κ2) is 6.68. The van der Waals surface area contributed by atoms with E-state index in [9.17, 15) is 4.79 Å². The van der Waals surface area contributed by atoms with Crippen molar-refractivity contribution in [2.24, 2.45) is 0 Å². The maximum absolute atomic E-state index is 11.9. The molecule has 1 aromatic rings. The first-order valence-corrected chi connectivity index (χ1v) is 6.49. The summed E-state index contributed by atoms with van der Waals surface area (Å²) in [5, 5.41) is 19.0. The van der Waals surface area contributed by atoms with Gasteiger partial charge in [-0.25, -0.2) is 0 Å². The predicted molar refractivity (Wildman–Crippen MR) is 73.5 cm³/mol. The molecule has 0 bridgehead atoms. The van der Waals surface area contributed by atoms with Crippen molar-refractivity contribution >= 4 is 5.91 Å². The predicted octanol–water partition coefficient (Wildman–Crippen LogP) is 0.268. The van der Waals surface area contributed by atoms with Gasteiger partial charge < -0.3 is 15.7 Å². The van der Waals surface area contributed by atoms with E-state index >= 15 is 0 Å². The zero-order valence-corrected chi connectivity index (χ0v) is 12.1. The van der Waals surface area contributed by atoms with E-state index in [2.05, 4.69) is 15.7 Å². The summed E-state index contributed by atoms with van der Waals surface area (Å²) in [4.78, 5) is 11.9. The Bertz CT molecular complexity index is 409. The van der Waals surface area contributed by atoms with Crippen molar-refractivity contribution in [3.8, 4) is 0 Å². The standard InChI is InChI=1S/C13H24N4O2/c1-10(12(19)16-13(2,3)4)14-7-11-8-15-17(9-11)5-6-18/h8-10,14,18H,5-7H2,1-4H3,(H,16,19). The Morgan fingerprint density at radius 2 is 2.21 bits per heavy atom. The number of nitrogens with one attached hydrogen (secondary N) is 2. The van der Waals surface area contributed by atoms with Crippen LogP contribution in [0.3, 0.4) is 0 Å². The van der Waals surface area contributed by atoms with E-state index < -0.39 is 0 Å². The number of nitrogens with zero attached hydrogens (tertiary/aromatic N) is 2. The van der Waals surface area contributed by atoms with Crippen molar-refractivity contribution in [2.45, 2.75) is 52.4 Å². The van der Waals surface area contributed by atoms with Crippen LogP contribution in [-0.2, 0) is 17.9 Å². The Balaban J connectivity index is 2.40. The summed E-state index contributed by atoms with van der Waals surface area (Å²) in [5.41, 5.74) is 0.767. The summed E-state index contributed by atoms with van der Waals surface area (Å²) in [7, 11) is 0. The van der Waals surface area contributed by atoms with Crippen molar-refractivity contribution in [2.75, 3.05) is 6.61 Å². The maximum Gasteiger partial charge on any atom is 0.237 e. The fourth-order valence-corrected chi connectivity index (χ4v) is 1.56. The number of hydrogen-bond acceptors (Lipinski definition) is 4. The molecule has 0 aromatic carbocycles. The lowest BCUT2D eigenvalue weighted by atomic mass is 10.1. The Morgan fingerprint density at radius 3 is 2.79 bits per heavy atom. The molecule has 0 saturated heterocycles. The van der Waals surface area contributed by atoms with Crippen LogP contribution in [0.15, 0.2) is 12.4 Å². The van der Waals surface area contributed by atoms with Crippen LogP contribution in [0.25, 0.3) is 0 Å². The monoisotopic (exact) mass is 268 g/mol. The van der Waals surface area contributed by atoms with Crippen LogP contribution in [0, 0.1) is 0 Å². The minimum absolute atomic E-state index is 0.0183. The van der Waals surface area contributed by atoms with Gasteiger partial charge >= 0.3 is 0 Å². The van der Waals surface area contributed by atoms with Crippen LogP contribution >= 0.6 is 0 Å². The number of amides is 1. The largest absolute Gasteiger partial charge is 0.394 e. The molecule has 108 valence electrons. The van der Waals surface area contributed by atoms with E-state index in [-0.39, 0.29) is 24.1 Å². The van der Waals surface area contributed by atoms with Gasteiger partial charge in [-0.15, -0.1) is 0 Å². The molecule has 0 aliphatic heterocycles. The molecule has 1 amide bonds. The Kier molecular flexibility index (Phi) is 5.50. The van der Waals surface area contributed by atoms with Crippen molar-refractivity contribution in [1.29, 1.82) is 0 Å². The van der Waals surface area contributed by atoms with Gasteiger partial charge in [0.2, 0.25) is 5.91 Å². The molecular formula is C13H24N4O2. The molecule has 1 atom stereocenters. The quantitative estimate of drug-likeness (QED) is 0.692. The van der Waals surface area contributed by atoms with Gasteiger partial charge in [0.15, 0.2) is 0 Å². The van der Waals surface area contributed by atoms with Gasteiger partial charge in [0.1, 0.15) is 0 Å². The molecule has 0 aliphatic carbocycles. The molecule has 1 aromatic heterocycles. The second-order valence-electron chi connectivity index (χ2n) is 5.68. The maximum atomic E-state index is 11.9. The fourth-order valence-electron chi connectivity index (χ4n) is 1.56. The lowest BCUT2D eigenvalue weighted by Crippen LogP contribution is -2.49. The Hall–Kier alpha value is -1.40. The van der Waals surface area contributed by atoms with Crippen LogP contribution in [-0.4, -0.2) is 39.0 Å². The highest BCUT2D eigenvalue weighted by molar-refractivity contribution is 5.81. The molecule has 0 radical (unpaired) electrons. The summed E-state index contributed by atoms with van der Waals surface area (Å²) in [6, 6.07) is -0.264. The minimum atomic E-state index is -0.264. The molecule has 1 heterocycles. The van der Waals surface area contributed by atoms with Crippen molar-refractivity contribution in [3.63, 3.8) is 0 Å². The van der Waals surface area contributed by atoms with Crippen LogP contribution in [0.5, 0.6) is 0 Å². The van der Waals surface area contributed by atoms with Crippen molar-refractivity contribution in [1.82, 2.24) is 20.4 Å². The average molecular weight is 268 g/mol. The number of aromatic nitrogens is 2. The molecule has 3 N–H and O–H groups in total. The van der Waals surface area contributed by atoms with E-state index in [4.69, 9.17) is 5.11 Å². The van der Waals surface area contributed by atoms with E-state index in [1.165, 1.54) is 0 Å². The molecule has 6 nitrogen and oxygen atoms in total. The summed E-state index contributed by atoms with van der Waals surface area (Å²) in [5.74, 6) is -0.0183. The molecule has 1 rings (SSSR count). The molecule has 0 aliphatic rings. The normalized spacial score (nSPS) is 13.3. The zero-order valence-electron chi connectivity index (χ0n) is 12.1. The SMILES string of the molecule is CC(NCc1cnn(CCO)c1)C(=O)NC(C)(C)C. The molecule has 19 heavy (non-hydrogen) atoms. The number of aliphatic hydroxyl groups is 1. The average Bonchev–Trinajstić information content (AvgIpc) is 2.72. The number of hydrogen-bond donors (Lipinski definition) is 3. The van der Waals surface area contributed by atoms with E-state index in [1.54, 1.807) is 10.9 Å². The van der Waals surface area contributed by atoms with Crippen LogP contribution in [0.2, 0.25) is 0 Å². The molecule has 0 saturated carbocycles. The minimum Gasteiger partial charge on any atom is -0.394 e. The molecule has 1 unspecified atom stereocenters. The first kappa shape index (κ1) is 15.7. The number of rotatable bonds is 6. The summed E-state index contributed by atoms with van der Waals surface area (Å²) in [6.45, 7) is 8.83. The third-order valence-corrected chi connectivity index (χ3v) is 2.52. The molecule has 0 spiro atoms. The highest BCUT2D eigenvalue weighted by Gasteiger charge is 2.18. The van der Waals surface area contributed by atoms with E-state index in [0.717, 1.165) is 5.56 Å². The van der Waals surface area contributed by atoms with Gasteiger partial charge in [-0.2, -0.15) is 5.10 Å². The number of carbonyl (C=O) groups excluding carboxylic acids is 1. The van der Waals surface area contributed by atoms with Crippen LogP contribution < -0.4 is 10.6 Å². The molecular weight excluding hydrogens is 244 g/mol. The van der Waals surface area contributed by atoms with Gasteiger partial charge in [0, 0.05) is 23.8 Å². The molecule has 0 fully saturated rings.